The molecule has 3 nitrogen and oxygen atoms in total. The second kappa shape index (κ2) is 6.32. The third-order valence-corrected chi connectivity index (χ3v) is 4.64. The van der Waals surface area contributed by atoms with Gasteiger partial charge in [0.25, 0.3) is 0 Å². The molecule has 3 rings (SSSR count). The van der Waals surface area contributed by atoms with E-state index in [9.17, 15) is 13.6 Å². The number of rotatable bonds is 2. The van der Waals surface area contributed by atoms with E-state index >= 15 is 0 Å². The number of hydrogen-bond acceptors (Lipinski definition) is 2. The first kappa shape index (κ1) is 15.4. The number of hydrogen-bond donors (Lipinski definition) is 0. The van der Waals surface area contributed by atoms with E-state index in [2.05, 4.69) is 0 Å². The number of aryl methyl sites for hydroxylation is 1. The van der Waals surface area contributed by atoms with Gasteiger partial charge in [-0.25, -0.2) is 8.78 Å². The molecule has 1 saturated heterocycles. The van der Waals surface area contributed by atoms with E-state index < -0.39 is 11.6 Å². The molecule has 0 aromatic heterocycles. The molecule has 0 N–H and O–H groups in total. The topological polar surface area (TPSA) is 29.5 Å². The maximum atomic E-state index is 14.2. The summed E-state index contributed by atoms with van der Waals surface area (Å²) < 4.78 is 33.2. The van der Waals surface area contributed by atoms with Gasteiger partial charge in [0.2, 0.25) is 5.91 Å². The first-order valence-corrected chi connectivity index (χ1v) is 8.01. The van der Waals surface area contributed by atoms with Crippen LogP contribution in [0.15, 0.2) is 12.1 Å². The van der Waals surface area contributed by atoms with Crippen LogP contribution in [-0.4, -0.2) is 25.2 Å². The maximum Gasteiger partial charge on any atom is 0.230 e. The van der Waals surface area contributed by atoms with Gasteiger partial charge in [-0.1, -0.05) is 6.92 Å². The summed E-state index contributed by atoms with van der Waals surface area (Å²) >= 11 is 0. The van der Waals surface area contributed by atoms with Gasteiger partial charge in [-0.3, -0.25) is 4.79 Å². The Morgan fingerprint density at radius 1 is 1.41 bits per heavy atom. The molecule has 0 unspecified atom stereocenters. The van der Waals surface area contributed by atoms with Gasteiger partial charge in [-0.05, 0) is 43.7 Å². The van der Waals surface area contributed by atoms with Crippen molar-refractivity contribution < 1.29 is 18.3 Å². The summed E-state index contributed by atoms with van der Waals surface area (Å²) in [6, 6.07) is 2.21. The van der Waals surface area contributed by atoms with Crippen LogP contribution in [0, 0.1) is 17.6 Å². The lowest BCUT2D eigenvalue weighted by atomic mass is 9.91. The van der Waals surface area contributed by atoms with Crippen LogP contribution >= 0.6 is 0 Å². The molecule has 5 heteroatoms. The minimum atomic E-state index is -0.637. The fourth-order valence-corrected chi connectivity index (χ4v) is 3.48. The summed E-state index contributed by atoms with van der Waals surface area (Å²) in [6.07, 6.45) is 3.68. The van der Waals surface area contributed by atoms with E-state index in [1.807, 2.05) is 6.92 Å². The van der Waals surface area contributed by atoms with Crippen LogP contribution in [0.5, 0.6) is 0 Å². The smallest absolute Gasteiger partial charge is 0.230 e. The molecule has 0 bridgehead atoms. The number of nitrogens with zero attached hydrogens (tertiary/aromatic N) is 1. The summed E-state index contributed by atoms with van der Waals surface area (Å²) in [7, 11) is 0. The average molecular weight is 309 g/mol. The molecule has 2 aliphatic rings. The molecule has 2 aliphatic heterocycles. The van der Waals surface area contributed by atoms with Gasteiger partial charge in [0.15, 0.2) is 0 Å². The molecule has 0 radical (unpaired) electrons. The zero-order chi connectivity index (χ0) is 15.7. The molecule has 0 aliphatic carbocycles. The highest BCUT2D eigenvalue weighted by Gasteiger charge is 2.34. The normalized spacial score (nSPS) is 25.0. The molecule has 2 atom stereocenters. The first-order valence-electron chi connectivity index (χ1n) is 8.01. The highest BCUT2D eigenvalue weighted by Crippen LogP contribution is 2.34. The van der Waals surface area contributed by atoms with Crippen molar-refractivity contribution in [3.8, 4) is 0 Å². The van der Waals surface area contributed by atoms with Crippen molar-refractivity contribution in [2.24, 2.45) is 5.92 Å². The summed E-state index contributed by atoms with van der Waals surface area (Å²) in [5.74, 6) is -1.40. The highest BCUT2D eigenvalue weighted by atomic mass is 19.1. The van der Waals surface area contributed by atoms with Gasteiger partial charge in [-0.15, -0.1) is 0 Å². The van der Waals surface area contributed by atoms with Crippen molar-refractivity contribution in [3.05, 3.63) is 29.3 Å². The number of carbonyl (C=O) groups excluding carboxylic acids is 1. The molecule has 1 aromatic rings. The first-order chi connectivity index (χ1) is 10.6. The predicted molar refractivity (Wildman–Crippen MR) is 79.8 cm³/mol. The Bertz CT molecular complexity index is 576. The summed E-state index contributed by atoms with van der Waals surface area (Å²) in [6.45, 7) is 3.11. The number of fused-ring (bicyclic) bond motifs is 1. The van der Waals surface area contributed by atoms with Crippen LogP contribution in [0.4, 0.5) is 14.5 Å². The number of anilines is 1. The van der Waals surface area contributed by atoms with E-state index in [0.717, 1.165) is 18.9 Å². The lowest BCUT2D eigenvalue weighted by Crippen LogP contribution is -2.43. The molecule has 22 heavy (non-hydrogen) atoms. The molecular weight excluding hydrogens is 288 g/mol. The van der Waals surface area contributed by atoms with E-state index in [1.165, 1.54) is 11.0 Å². The Balaban J connectivity index is 1.86. The SMILES string of the molecule is CC[C@@H]1C[C@H](C(=O)N2CCCc3cc(F)cc(F)c32)CCO1. The van der Waals surface area contributed by atoms with Crippen molar-refractivity contribution in [3.63, 3.8) is 0 Å². The Kier molecular flexibility index (Phi) is 4.43. The Hall–Kier alpha value is -1.49. The minimum absolute atomic E-state index is 0.0480. The molecular formula is C17H21F2NO2. The number of halogens is 2. The van der Waals surface area contributed by atoms with Gasteiger partial charge in [0, 0.05) is 25.1 Å². The van der Waals surface area contributed by atoms with Crippen LogP contribution in [-0.2, 0) is 16.0 Å². The number of ether oxygens (including phenoxy) is 1. The summed E-state index contributed by atoms with van der Waals surface area (Å²) in [4.78, 5) is 14.3. The second-order valence-electron chi connectivity index (χ2n) is 6.11. The molecule has 120 valence electrons. The maximum absolute atomic E-state index is 14.2. The number of amides is 1. The van der Waals surface area contributed by atoms with Gasteiger partial charge in [0.1, 0.15) is 11.6 Å². The standard InChI is InChI=1S/C17H21F2NO2/c1-2-14-9-12(5-7-22-14)17(21)20-6-3-4-11-8-13(18)10-15(19)16(11)20/h8,10,12,14H,2-7,9H2,1H3/t12-,14-/m1/s1. The van der Waals surface area contributed by atoms with Crippen molar-refractivity contribution in [1.82, 2.24) is 0 Å². The van der Waals surface area contributed by atoms with Crippen LogP contribution < -0.4 is 4.90 Å². The highest BCUT2D eigenvalue weighted by molar-refractivity contribution is 5.96. The largest absolute Gasteiger partial charge is 0.378 e. The van der Waals surface area contributed by atoms with Gasteiger partial charge in [0.05, 0.1) is 11.8 Å². The van der Waals surface area contributed by atoms with Crippen molar-refractivity contribution in [2.45, 2.75) is 45.1 Å². The monoisotopic (exact) mass is 309 g/mol. The average Bonchev–Trinajstić information content (AvgIpc) is 2.53. The lowest BCUT2D eigenvalue weighted by molar-refractivity contribution is -0.127. The van der Waals surface area contributed by atoms with Crippen molar-refractivity contribution in [2.75, 3.05) is 18.1 Å². The lowest BCUT2D eigenvalue weighted by Gasteiger charge is -2.35. The van der Waals surface area contributed by atoms with Crippen molar-refractivity contribution in [1.29, 1.82) is 0 Å². The third kappa shape index (κ3) is 2.86. The summed E-state index contributed by atoms with van der Waals surface area (Å²) in [5.41, 5.74) is 0.869. The molecule has 1 aromatic carbocycles. The van der Waals surface area contributed by atoms with Crippen LogP contribution in [0.2, 0.25) is 0 Å². The van der Waals surface area contributed by atoms with Gasteiger partial charge >= 0.3 is 0 Å². The quantitative estimate of drug-likeness (QED) is 0.837. The second-order valence-corrected chi connectivity index (χ2v) is 6.11. The number of carbonyl (C=O) groups is 1. The minimum Gasteiger partial charge on any atom is -0.378 e. The Labute approximate surface area is 129 Å². The van der Waals surface area contributed by atoms with Crippen LogP contribution in [0.1, 0.15) is 38.2 Å². The Morgan fingerprint density at radius 2 is 2.23 bits per heavy atom. The zero-order valence-corrected chi connectivity index (χ0v) is 12.8. The molecule has 2 heterocycles. The van der Waals surface area contributed by atoms with Crippen LogP contribution in [0.25, 0.3) is 0 Å². The molecule has 0 spiro atoms. The molecule has 1 fully saturated rings. The Morgan fingerprint density at radius 3 is 3.00 bits per heavy atom. The third-order valence-electron chi connectivity index (χ3n) is 4.64. The van der Waals surface area contributed by atoms with E-state index in [1.54, 1.807) is 0 Å². The molecule has 0 saturated carbocycles. The number of benzene rings is 1. The fraction of sp³-hybridized carbons (Fsp3) is 0.588. The van der Waals surface area contributed by atoms with E-state index in [-0.39, 0.29) is 23.6 Å². The van der Waals surface area contributed by atoms with Gasteiger partial charge in [-0.2, -0.15) is 0 Å². The van der Waals surface area contributed by atoms with Crippen LogP contribution in [0.3, 0.4) is 0 Å². The van der Waals surface area contributed by atoms with Gasteiger partial charge < -0.3 is 9.64 Å². The van der Waals surface area contributed by atoms with Crippen molar-refractivity contribution >= 4 is 11.6 Å². The van der Waals surface area contributed by atoms with E-state index in [4.69, 9.17) is 4.74 Å². The zero-order valence-electron chi connectivity index (χ0n) is 12.8. The predicted octanol–water partition coefficient (Wildman–Crippen LogP) is 3.45. The van der Waals surface area contributed by atoms with E-state index in [0.29, 0.717) is 38.0 Å². The fourth-order valence-electron chi connectivity index (χ4n) is 3.48. The molecule has 1 amide bonds. The summed E-state index contributed by atoms with van der Waals surface area (Å²) in [5, 5.41) is 0.